The number of phenolic OH excluding ortho intramolecular Hbond substituents is 1. The molecule has 1 aromatic rings. The fraction of sp³-hybridized carbons (Fsp3) is 0.462. The van der Waals surface area contributed by atoms with Gasteiger partial charge in [0.25, 0.3) is 0 Å². The van der Waals surface area contributed by atoms with Crippen molar-refractivity contribution in [2.45, 2.75) is 32.4 Å². The molecule has 2 rings (SSSR count). The van der Waals surface area contributed by atoms with Crippen LogP contribution in [0.2, 0.25) is 0 Å². The van der Waals surface area contributed by atoms with Gasteiger partial charge in [0, 0.05) is 5.56 Å². The van der Waals surface area contributed by atoms with Crippen LogP contribution in [0, 0.1) is 0 Å². The van der Waals surface area contributed by atoms with E-state index in [-0.39, 0.29) is 24.0 Å². The third kappa shape index (κ3) is 2.85. The van der Waals surface area contributed by atoms with Gasteiger partial charge in [0.15, 0.2) is 0 Å². The number of rotatable bonds is 2. The van der Waals surface area contributed by atoms with Crippen molar-refractivity contribution in [3.63, 3.8) is 0 Å². The van der Waals surface area contributed by atoms with Gasteiger partial charge in [-0.15, -0.1) is 0 Å². The Labute approximate surface area is 106 Å². The topological polar surface area (TPSA) is 67.8 Å². The number of benzene rings is 1. The summed E-state index contributed by atoms with van der Waals surface area (Å²) in [7, 11) is 0. The number of cyclic esters (lactones) is 1. The van der Waals surface area contributed by atoms with E-state index in [1.165, 1.54) is 0 Å². The predicted molar refractivity (Wildman–Crippen MR) is 65.7 cm³/mol. The molecule has 2 N–H and O–H groups in total. The van der Waals surface area contributed by atoms with E-state index in [0.717, 1.165) is 0 Å². The van der Waals surface area contributed by atoms with Crippen LogP contribution in [0.3, 0.4) is 0 Å². The van der Waals surface area contributed by atoms with Gasteiger partial charge in [-0.25, -0.2) is 4.79 Å². The molecule has 0 radical (unpaired) electrons. The summed E-state index contributed by atoms with van der Waals surface area (Å²) in [6.45, 7) is 6.05. The summed E-state index contributed by atoms with van der Waals surface area (Å²) in [5, 5.41) is 12.4. The molecule has 0 aliphatic carbocycles. The number of phenols is 1. The molecule has 5 nitrogen and oxygen atoms in total. The molecule has 0 aromatic heterocycles. The smallest absolute Gasteiger partial charge is 0.407 e. The van der Waals surface area contributed by atoms with Gasteiger partial charge in [-0.05, 0) is 39.0 Å². The summed E-state index contributed by atoms with van der Waals surface area (Å²) in [5.74, 6) is 0.767. The van der Waals surface area contributed by atoms with Crippen LogP contribution < -0.4 is 10.1 Å². The van der Waals surface area contributed by atoms with Gasteiger partial charge in [-0.2, -0.15) is 0 Å². The standard InChI is InChI=1S/C13H17NO4/c1-13(2,3)18-8-4-5-11(15)9(6-8)10-7-17-12(16)14-10/h4-6,10,15H,7H2,1-3H3,(H,14,16)/t10-/m0/s1. The zero-order valence-corrected chi connectivity index (χ0v) is 10.7. The Hall–Kier alpha value is -1.91. The van der Waals surface area contributed by atoms with Crippen LogP contribution in [-0.2, 0) is 4.74 Å². The summed E-state index contributed by atoms with van der Waals surface area (Å²) in [5.41, 5.74) is 0.284. The first-order chi connectivity index (χ1) is 8.35. The molecular weight excluding hydrogens is 234 g/mol. The largest absolute Gasteiger partial charge is 0.508 e. The first-order valence-corrected chi connectivity index (χ1v) is 5.80. The van der Waals surface area contributed by atoms with Gasteiger partial charge in [-0.1, -0.05) is 0 Å². The maximum atomic E-state index is 11.0. The van der Waals surface area contributed by atoms with Gasteiger partial charge in [0.2, 0.25) is 0 Å². The van der Waals surface area contributed by atoms with Crippen molar-refractivity contribution < 1.29 is 19.4 Å². The molecule has 98 valence electrons. The molecule has 1 aromatic carbocycles. The highest BCUT2D eigenvalue weighted by Gasteiger charge is 2.26. The molecule has 1 aliphatic rings. The molecule has 1 saturated heterocycles. The first-order valence-electron chi connectivity index (χ1n) is 5.80. The van der Waals surface area contributed by atoms with E-state index in [1.807, 2.05) is 20.8 Å². The molecule has 1 fully saturated rings. The van der Waals surface area contributed by atoms with Crippen molar-refractivity contribution >= 4 is 6.09 Å². The first kappa shape index (κ1) is 12.5. The van der Waals surface area contributed by atoms with E-state index in [1.54, 1.807) is 18.2 Å². The highest BCUT2D eigenvalue weighted by Crippen LogP contribution is 2.31. The Morgan fingerprint density at radius 2 is 2.17 bits per heavy atom. The summed E-state index contributed by atoms with van der Waals surface area (Å²) < 4.78 is 10.5. The Morgan fingerprint density at radius 1 is 1.44 bits per heavy atom. The fourth-order valence-electron chi connectivity index (χ4n) is 1.78. The van der Waals surface area contributed by atoms with Crippen molar-refractivity contribution in [3.8, 4) is 11.5 Å². The number of aromatic hydroxyl groups is 1. The summed E-state index contributed by atoms with van der Waals surface area (Å²) >= 11 is 0. The second-order valence-electron chi connectivity index (χ2n) is 5.23. The summed E-state index contributed by atoms with van der Waals surface area (Å²) in [6, 6.07) is 4.64. The molecule has 1 amide bonds. The summed E-state index contributed by atoms with van der Waals surface area (Å²) in [4.78, 5) is 11.0. The van der Waals surface area contributed by atoms with E-state index in [0.29, 0.717) is 11.3 Å². The van der Waals surface area contributed by atoms with Crippen LogP contribution >= 0.6 is 0 Å². The van der Waals surface area contributed by atoms with Crippen LogP contribution in [0.5, 0.6) is 11.5 Å². The van der Waals surface area contributed by atoms with E-state index in [4.69, 9.17) is 9.47 Å². The molecule has 1 aliphatic heterocycles. The lowest BCUT2D eigenvalue weighted by atomic mass is 10.1. The number of hydrogen-bond acceptors (Lipinski definition) is 4. The van der Waals surface area contributed by atoms with Crippen molar-refractivity contribution in [1.29, 1.82) is 0 Å². The average molecular weight is 251 g/mol. The van der Waals surface area contributed by atoms with Crippen molar-refractivity contribution in [3.05, 3.63) is 23.8 Å². The summed E-state index contributed by atoms with van der Waals surface area (Å²) in [6.07, 6.45) is -0.471. The third-order valence-corrected chi connectivity index (χ3v) is 2.47. The lowest BCUT2D eigenvalue weighted by molar-refractivity contribution is 0.130. The lowest BCUT2D eigenvalue weighted by Crippen LogP contribution is -2.23. The monoisotopic (exact) mass is 251 g/mol. The van der Waals surface area contributed by atoms with Gasteiger partial charge in [-0.3, -0.25) is 0 Å². The SMILES string of the molecule is CC(C)(C)Oc1ccc(O)c([C@@H]2COC(=O)N2)c1. The maximum Gasteiger partial charge on any atom is 0.407 e. The zero-order valence-electron chi connectivity index (χ0n) is 10.7. The average Bonchev–Trinajstić information content (AvgIpc) is 2.66. The third-order valence-electron chi connectivity index (χ3n) is 2.47. The number of amides is 1. The van der Waals surface area contributed by atoms with E-state index < -0.39 is 6.09 Å². The number of alkyl carbamates (subject to hydrolysis) is 1. The van der Waals surface area contributed by atoms with Gasteiger partial charge in [0.1, 0.15) is 23.7 Å². The van der Waals surface area contributed by atoms with Crippen molar-refractivity contribution in [1.82, 2.24) is 5.32 Å². The molecule has 5 heteroatoms. The molecular formula is C13H17NO4. The Bertz CT molecular complexity index is 465. The van der Waals surface area contributed by atoms with E-state index in [2.05, 4.69) is 5.32 Å². The molecule has 1 atom stereocenters. The van der Waals surface area contributed by atoms with Crippen LogP contribution in [0.1, 0.15) is 32.4 Å². The minimum atomic E-state index is -0.471. The highest BCUT2D eigenvalue weighted by atomic mass is 16.6. The zero-order chi connectivity index (χ0) is 13.3. The fourth-order valence-corrected chi connectivity index (χ4v) is 1.78. The number of nitrogens with one attached hydrogen (secondary N) is 1. The van der Waals surface area contributed by atoms with Crippen LogP contribution in [0.25, 0.3) is 0 Å². The number of carbonyl (C=O) groups is 1. The van der Waals surface area contributed by atoms with Crippen LogP contribution in [-0.4, -0.2) is 23.4 Å². The van der Waals surface area contributed by atoms with Crippen molar-refractivity contribution in [2.75, 3.05) is 6.61 Å². The lowest BCUT2D eigenvalue weighted by Gasteiger charge is -2.22. The minimum Gasteiger partial charge on any atom is -0.508 e. The number of hydrogen-bond donors (Lipinski definition) is 2. The molecule has 1 heterocycles. The maximum absolute atomic E-state index is 11.0. The molecule has 0 unspecified atom stereocenters. The van der Waals surface area contributed by atoms with Gasteiger partial charge >= 0.3 is 6.09 Å². The molecule has 0 bridgehead atoms. The molecule has 0 spiro atoms. The van der Waals surface area contributed by atoms with Crippen LogP contribution in [0.4, 0.5) is 4.79 Å². The van der Waals surface area contributed by atoms with Gasteiger partial charge in [0.05, 0.1) is 6.04 Å². The van der Waals surface area contributed by atoms with Gasteiger partial charge < -0.3 is 19.9 Å². The molecule has 0 saturated carbocycles. The normalized spacial score (nSPS) is 19.3. The number of ether oxygens (including phenoxy) is 2. The minimum absolute atomic E-state index is 0.118. The number of carbonyl (C=O) groups excluding carboxylic acids is 1. The Balaban J connectivity index is 2.24. The Morgan fingerprint density at radius 3 is 2.72 bits per heavy atom. The highest BCUT2D eigenvalue weighted by molar-refractivity contribution is 5.70. The van der Waals surface area contributed by atoms with Crippen LogP contribution in [0.15, 0.2) is 18.2 Å². The second-order valence-corrected chi connectivity index (χ2v) is 5.23. The Kier molecular flexibility index (Phi) is 3.07. The van der Waals surface area contributed by atoms with E-state index in [9.17, 15) is 9.90 Å². The van der Waals surface area contributed by atoms with E-state index >= 15 is 0 Å². The van der Waals surface area contributed by atoms with Crippen molar-refractivity contribution in [2.24, 2.45) is 0 Å². The predicted octanol–water partition coefficient (Wildman–Crippen LogP) is 2.35. The quantitative estimate of drug-likeness (QED) is 0.846. The second kappa shape index (κ2) is 4.40. The molecule has 18 heavy (non-hydrogen) atoms.